The van der Waals surface area contributed by atoms with Gasteiger partial charge in [-0.15, -0.1) is 0 Å². The zero-order chi connectivity index (χ0) is 26.4. The lowest BCUT2D eigenvalue weighted by atomic mass is 9.94. The van der Waals surface area contributed by atoms with Crippen LogP contribution in [0.5, 0.6) is 5.75 Å². The number of hydrogen-bond acceptors (Lipinski definition) is 6. The third-order valence-corrected chi connectivity index (χ3v) is 7.35. The van der Waals surface area contributed by atoms with Crippen molar-refractivity contribution in [1.29, 1.82) is 5.26 Å². The lowest BCUT2D eigenvalue weighted by Crippen LogP contribution is -2.44. The second kappa shape index (κ2) is 12.2. The molecule has 2 amide bonds. The number of likely N-dealkylation sites (N-methyl/N-ethyl adjacent to an activating group) is 1. The second-order valence-corrected chi connectivity index (χ2v) is 9.88. The van der Waals surface area contributed by atoms with E-state index < -0.39 is 0 Å². The minimum atomic E-state index is -0.309. The molecular formula is C29H35N3O5. The molecular weight excluding hydrogens is 470 g/mol. The van der Waals surface area contributed by atoms with Crippen molar-refractivity contribution in [2.45, 2.75) is 49.9 Å². The minimum Gasteiger partial charge on any atom is -0.490 e. The monoisotopic (exact) mass is 505 g/mol. The Hall–Kier alpha value is -3.41. The summed E-state index contributed by atoms with van der Waals surface area (Å²) in [4.78, 5) is 30.2. The van der Waals surface area contributed by atoms with Crippen molar-refractivity contribution in [2.75, 3.05) is 40.9 Å². The first kappa shape index (κ1) is 26.6. The van der Waals surface area contributed by atoms with Gasteiger partial charge in [-0.25, -0.2) is 0 Å². The number of amides is 2. The SMILES string of the molecule is CO[C@@H]1CC[C@H]2CCN(C)C(=O)C[C@@H](c3ccccc3)CN(C)C(=O)c3cc(C#N)ccc3OC[C@H]1O2. The number of ether oxygens (including phenoxy) is 3. The lowest BCUT2D eigenvalue weighted by Gasteiger charge is -2.36. The van der Waals surface area contributed by atoms with Gasteiger partial charge in [0.05, 0.1) is 29.4 Å². The Morgan fingerprint density at radius 1 is 1.03 bits per heavy atom. The van der Waals surface area contributed by atoms with Gasteiger partial charge in [0.1, 0.15) is 18.5 Å². The molecule has 8 nitrogen and oxygen atoms in total. The van der Waals surface area contributed by atoms with Crippen LogP contribution in [0.2, 0.25) is 0 Å². The van der Waals surface area contributed by atoms with Crippen molar-refractivity contribution in [1.82, 2.24) is 9.80 Å². The quantitative estimate of drug-likeness (QED) is 0.619. The summed E-state index contributed by atoms with van der Waals surface area (Å²) in [6.07, 6.45) is 2.23. The van der Waals surface area contributed by atoms with Crippen LogP contribution < -0.4 is 4.74 Å². The van der Waals surface area contributed by atoms with Crippen molar-refractivity contribution in [3.05, 3.63) is 65.2 Å². The van der Waals surface area contributed by atoms with Crippen molar-refractivity contribution in [2.24, 2.45) is 0 Å². The molecule has 2 bridgehead atoms. The Kier molecular flexibility index (Phi) is 8.80. The van der Waals surface area contributed by atoms with Gasteiger partial charge in [-0.1, -0.05) is 30.3 Å². The summed E-state index contributed by atoms with van der Waals surface area (Å²) < 4.78 is 18.1. The van der Waals surface area contributed by atoms with Gasteiger partial charge in [-0.05, 0) is 43.0 Å². The fourth-order valence-electron chi connectivity index (χ4n) is 5.09. The zero-order valence-corrected chi connectivity index (χ0v) is 21.8. The minimum absolute atomic E-state index is 0.0127. The Morgan fingerprint density at radius 2 is 1.81 bits per heavy atom. The van der Waals surface area contributed by atoms with E-state index in [1.54, 1.807) is 42.2 Å². The highest BCUT2D eigenvalue weighted by molar-refractivity contribution is 5.97. The van der Waals surface area contributed by atoms with Crippen LogP contribution in [0.15, 0.2) is 48.5 Å². The van der Waals surface area contributed by atoms with E-state index in [4.69, 9.17) is 14.2 Å². The van der Waals surface area contributed by atoms with Crippen molar-refractivity contribution >= 4 is 11.8 Å². The first-order chi connectivity index (χ1) is 17.9. The van der Waals surface area contributed by atoms with Crippen LogP contribution in [0.4, 0.5) is 0 Å². The highest BCUT2D eigenvalue weighted by Crippen LogP contribution is 2.29. The largest absolute Gasteiger partial charge is 0.490 e. The van der Waals surface area contributed by atoms with Crippen LogP contribution in [0.25, 0.3) is 0 Å². The van der Waals surface area contributed by atoms with Gasteiger partial charge in [0.25, 0.3) is 5.91 Å². The molecule has 196 valence electrons. The Balaban J connectivity index is 1.68. The van der Waals surface area contributed by atoms with Gasteiger partial charge in [-0.3, -0.25) is 9.59 Å². The van der Waals surface area contributed by atoms with Crippen LogP contribution in [0.1, 0.15) is 53.1 Å². The summed E-state index contributed by atoms with van der Waals surface area (Å²) in [5.41, 5.74) is 1.68. The molecule has 0 aromatic heterocycles. The maximum Gasteiger partial charge on any atom is 0.257 e. The first-order valence-corrected chi connectivity index (χ1v) is 12.8. The normalized spacial score (nSPS) is 25.7. The smallest absolute Gasteiger partial charge is 0.257 e. The van der Waals surface area contributed by atoms with Crippen LogP contribution in [0, 0.1) is 11.3 Å². The number of benzene rings is 2. The number of carbonyl (C=O) groups is 2. The number of nitriles is 1. The Labute approximate surface area is 218 Å². The number of rotatable bonds is 2. The first-order valence-electron chi connectivity index (χ1n) is 12.8. The third kappa shape index (κ3) is 6.48. The average molecular weight is 506 g/mol. The molecule has 0 spiro atoms. The molecule has 1 saturated heterocycles. The predicted octanol–water partition coefficient (Wildman–Crippen LogP) is 3.61. The van der Waals surface area contributed by atoms with E-state index in [-0.39, 0.29) is 49.1 Å². The van der Waals surface area contributed by atoms with Crippen LogP contribution >= 0.6 is 0 Å². The third-order valence-electron chi connectivity index (χ3n) is 7.35. The molecule has 2 aliphatic rings. The summed E-state index contributed by atoms with van der Waals surface area (Å²) in [6.45, 7) is 1.15. The number of nitrogens with zero attached hydrogens (tertiary/aromatic N) is 3. The summed E-state index contributed by atoms with van der Waals surface area (Å²) in [7, 11) is 5.20. The molecule has 0 radical (unpaired) electrons. The maximum absolute atomic E-state index is 13.6. The number of hydrogen-bond donors (Lipinski definition) is 0. The van der Waals surface area contributed by atoms with E-state index in [1.165, 1.54) is 0 Å². The standard InChI is InChI=1S/C29H35N3O5/c1-31-14-13-23-10-12-26(35-3)27(37-23)19-36-25-11-9-20(17-30)15-24(25)29(34)32(2)18-22(16-28(31)33)21-7-5-4-6-8-21/h4-9,11,15,22-23,26-27H,10,12-14,16,18-19H2,1-3H3/t22-,23+,26-,27-/m1/s1. The molecule has 0 N–H and O–H groups in total. The molecule has 2 heterocycles. The van der Waals surface area contributed by atoms with Crippen molar-refractivity contribution < 1.29 is 23.8 Å². The van der Waals surface area contributed by atoms with Gasteiger partial charge in [0, 0.05) is 46.6 Å². The molecule has 4 atom stereocenters. The Bertz CT molecular complexity index is 1130. The van der Waals surface area contributed by atoms with E-state index in [9.17, 15) is 14.9 Å². The molecule has 0 unspecified atom stereocenters. The van der Waals surface area contributed by atoms with E-state index in [0.717, 1.165) is 24.8 Å². The van der Waals surface area contributed by atoms with Crippen LogP contribution in [0.3, 0.4) is 0 Å². The molecule has 2 aromatic rings. The number of methoxy groups -OCH3 is 1. The van der Waals surface area contributed by atoms with Crippen LogP contribution in [-0.2, 0) is 14.3 Å². The molecule has 37 heavy (non-hydrogen) atoms. The van der Waals surface area contributed by atoms with E-state index >= 15 is 0 Å². The predicted molar refractivity (Wildman–Crippen MR) is 138 cm³/mol. The van der Waals surface area contributed by atoms with Crippen molar-refractivity contribution in [3.63, 3.8) is 0 Å². The topological polar surface area (TPSA) is 92.1 Å². The van der Waals surface area contributed by atoms with E-state index in [2.05, 4.69) is 6.07 Å². The molecule has 0 aliphatic carbocycles. The molecule has 2 aromatic carbocycles. The van der Waals surface area contributed by atoms with Gasteiger partial charge in [0.15, 0.2) is 0 Å². The molecule has 2 aliphatic heterocycles. The molecule has 4 rings (SSSR count). The molecule has 0 saturated carbocycles. The van der Waals surface area contributed by atoms with Gasteiger partial charge in [0.2, 0.25) is 5.91 Å². The second-order valence-electron chi connectivity index (χ2n) is 9.88. The summed E-state index contributed by atoms with van der Waals surface area (Å²) in [6, 6.07) is 16.8. The van der Waals surface area contributed by atoms with Gasteiger partial charge < -0.3 is 24.0 Å². The highest BCUT2D eigenvalue weighted by atomic mass is 16.6. The van der Waals surface area contributed by atoms with Crippen LogP contribution in [-0.4, -0.2) is 80.8 Å². The summed E-state index contributed by atoms with van der Waals surface area (Å²) in [5, 5.41) is 9.46. The summed E-state index contributed by atoms with van der Waals surface area (Å²) >= 11 is 0. The average Bonchev–Trinajstić information content (AvgIpc) is 2.93. The maximum atomic E-state index is 13.6. The fraction of sp³-hybridized carbons (Fsp3) is 0.483. The van der Waals surface area contributed by atoms with Crippen molar-refractivity contribution in [3.8, 4) is 11.8 Å². The van der Waals surface area contributed by atoms with Gasteiger partial charge >= 0.3 is 0 Å². The van der Waals surface area contributed by atoms with E-state index in [0.29, 0.717) is 30.0 Å². The molecule has 8 heteroatoms. The molecule has 1 fully saturated rings. The Morgan fingerprint density at radius 3 is 2.54 bits per heavy atom. The highest BCUT2D eigenvalue weighted by Gasteiger charge is 2.33. The number of carbonyl (C=O) groups excluding carboxylic acids is 2. The number of fused-ring (bicyclic) bond motifs is 3. The summed E-state index contributed by atoms with van der Waals surface area (Å²) in [5.74, 6) is -0.0269. The lowest BCUT2D eigenvalue weighted by molar-refractivity contribution is -0.145. The fourth-order valence-corrected chi connectivity index (χ4v) is 5.09. The zero-order valence-electron chi connectivity index (χ0n) is 21.8. The van der Waals surface area contributed by atoms with Gasteiger partial charge in [-0.2, -0.15) is 5.26 Å². The van der Waals surface area contributed by atoms with E-state index in [1.807, 2.05) is 37.4 Å².